The van der Waals surface area contributed by atoms with Crippen molar-refractivity contribution in [3.05, 3.63) is 109 Å². The number of amides is 1. The highest BCUT2D eigenvalue weighted by atomic mass is 35.5. The lowest BCUT2D eigenvalue weighted by molar-refractivity contribution is -0.139. The minimum Gasteiger partial charge on any atom is -0.480 e. The Morgan fingerprint density at radius 3 is 2.37 bits per heavy atom. The van der Waals surface area contributed by atoms with Crippen molar-refractivity contribution in [1.82, 2.24) is 19.8 Å². The fourth-order valence-corrected chi connectivity index (χ4v) is 4.46. The first-order valence-electron chi connectivity index (χ1n) is 11.6. The first-order chi connectivity index (χ1) is 18.1. The number of hydrogen-bond acceptors (Lipinski definition) is 5. The second-order valence-corrected chi connectivity index (χ2v) is 9.10. The number of benzene rings is 3. The van der Waals surface area contributed by atoms with E-state index in [4.69, 9.17) is 11.6 Å². The van der Waals surface area contributed by atoms with Crippen LogP contribution in [0.1, 0.15) is 21.5 Å². The molecule has 1 amide bonds. The molecule has 0 saturated heterocycles. The quantitative estimate of drug-likeness (QED) is 0.317. The van der Waals surface area contributed by atoms with Gasteiger partial charge in [0.2, 0.25) is 0 Å². The van der Waals surface area contributed by atoms with Gasteiger partial charge in [-0.15, -0.1) is 0 Å². The minimum atomic E-state index is -1.38. The zero-order chi connectivity index (χ0) is 27.6. The van der Waals surface area contributed by atoms with Gasteiger partial charge in [-0.05, 0) is 54.6 Å². The molecule has 11 heteroatoms. The van der Waals surface area contributed by atoms with Crippen LogP contribution >= 0.6 is 11.6 Å². The number of rotatable bonds is 8. The number of carbonyl (C=O) groups is 2. The van der Waals surface area contributed by atoms with E-state index in [1.165, 1.54) is 28.8 Å². The number of carboxylic acid groups (broad SMARTS) is 1. The molecule has 3 aromatic carbocycles. The maximum Gasteiger partial charge on any atom is 0.335 e. The molecule has 4 rings (SSSR count). The molecule has 0 aliphatic rings. The predicted octanol–water partition coefficient (Wildman–Crippen LogP) is 2.63. The highest BCUT2D eigenvalue weighted by Crippen LogP contribution is 2.19. The van der Waals surface area contributed by atoms with Crippen LogP contribution in [-0.4, -0.2) is 39.2 Å². The third-order valence-corrected chi connectivity index (χ3v) is 6.46. The van der Waals surface area contributed by atoms with Crippen LogP contribution in [0.25, 0.3) is 16.6 Å². The van der Waals surface area contributed by atoms with Gasteiger partial charge in [-0.1, -0.05) is 35.9 Å². The molecule has 0 fully saturated rings. The maximum atomic E-state index is 14.1. The Labute approximate surface area is 221 Å². The number of halogens is 2. The summed E-state index contributed by atoms with van der Waals surface area (Å²) in [6.07, 6.45) is -0.134. The Kier molecular flexibility index (Phi) is 7.75. The SMILES string of the molecule is CNCc1ccc2c(c1)c(=O)n(-c1ccc(C[C@H](NC(=O)c3c(F)cccc3Cl)C(=O)O)cc1)c(=O)n2C. The number of nitrogens with one attached hydrogen (secondary N) is 2. The van der Waals surface area contributed by atoms with Crippen LogP contribution in [0.15, 0.2) is 70.3 Å². The van der Waals surface area contributed by atoms with Crippen LogP contribution in [0, 0.1) is 5.82 Å². The fourth-order valence-electron chi connectivity index (χ4n) is 4.21. The van der Waals surface area contributed by atoms with Crippen LogP contribution in [0.5, 0.6) is 0 Å². The van der Waals surface area contributed by atoms with Gasteiger partial charge in [0.15, 0.2) is 0 Å². The summed E-state index contributed by atoms with van der Waals surface area (Å²) >= 11 is 5.91. The number of aliphatic carboxylic acids is 1. The van der Waals surface area contributed by atoms with Gasteiger partial charge in [-0.25, -0.2) is 18.5 Å². The molecule has 0 unspecified atom stereocenters. The van der Waals surface area contributed by atoms with Crippen LogP contribution in [0.3, 0.4) is 0 Å². The summed E-state index contributed by atoms with van der Waals surface area (Å²) in [6, 6.07) is 13.8. The summed E-state index contributed by atoms with van der Waals surface area (Å²) in [4.78, 5) is 50.7. The highest BCUT2D eigenvalue weighted by molar-refractivity contribution is 6.33. The molecule has 3 N–H and O–H groups in total. The number of fused-ring (bicyclic) bond motifs is 1. The Balaban J connectivity index is 1.63. The molecule has 0 aliphatic heterocycles. The standard InChI is InChI=1S/C27H24ClFN4O5/c1-30-14-16-8-11-22-18(12-16)25(35)33(27(38)32(22)2)17-9-6-15(7-10-17)13-21(26(36)37)31-24(34)23-19(28)4-3-5-20(23)29/h3-12,21,30H,13-14H2,1-2H3,(H,31,34)(H,36,37)/t21-/m0/s1. The zero-order valence-corrected chi connectivity index (χ0v) is 21.3. The topological polar surface area (TPSA) is 122 Å². The van der Waals surface area contributed by atoms with Crippen molar-refractivity contribution in [2.75, 3.05) is 7.05 Å². The Morgan fingerprint density at radius 2 is 1.74 bits per heavy atom. The van der Waals surface area contributed by atoms with Gasteiger partial charge in [0, 0.05) is 20.0 Å². The van der Waals surface area contributed by atoms with Crippen molar-refractivity contribution in [3.63, 3.8) is 0 Å². The molecule has 38 heavy (non-hydrogen) atoms. The number of nitrogens with zero attached hydrogens (tertiary/aromatic N) is 2. The third kappa shape index (κ3) is 5.22. The molecular weight excluding hydrogens is 515 g/mol. The number of aryl methyl sites for hydroxylation is 1. The second-order valence-electron chi connectivity index (χ2n) is 8.70. The third-order valence-electron chi connectivity index (χ3n) is 6.14. The molecule has 0 bridgehead atoms. The molecule has 1 heterocycles. The van der Waals surface area contributed by atoms with Crippen molar-refractivity contribution in [2.45, 2.75) is 19.0 Å². The van der Waals surface area contributed by atoms with Gasteiger partial charge in [-0.3, -0.25) is 14.2 Å². The molecule has 1 atom stereocenters. The smallest absolute Gasteiger partial charge is 0.335 e. The summed E-state index contributed by atoms with van der Waals surface area (Å²) in [5.41, 5.74) is 0.733. The maximum absolute atomic E-state index is 14.1. The van der Waals surface area contributed by atoms with Crippen LogP contribution in [0.4, 0.5) is 4.39 Å². The van der Waals surface area contributed by atoms with Gasteiger partial charge in [0.1, 0.15) is 11.9 Å². The highest BCUT2D eigenvalue weighted by Gasteiger charge is 2.24. The van der Waals surface area contributed by atoms with E-state index in [0.717, 1.165) is 16.2 Å². The summed E-state index contributed by atoms with van der Waals surface area (Å²) in [5.74, 6) is -3.16. The molecule has 9 nitrogen and oxygen atoms in total. The van der Waals surface area contributed by atoms with Gasteiger partial charge >= 0.3 is 11.7 Å². The monoisotopic (exact) mass is 538 g/mol. The average molecular weight is 539 g/mol. The van der Waals surface area contributed by atoms with Crippen molar-refractivity contribution >= 4 is 34.4 Å². The van der Waals surface area contributed by atoms with Crippen molar-refractivity contribution in [2.24, 2.45) is 7.05 Å². The fraction of sp³-hybridized carbons (Fsp3) is 0.185. The second kappa shape index (κ2) is 11.0. The van der Waals surface area contributed by atoms with Crippen molar-refractivity contribution < 1.29 is 19.1 Å². The summed E-state index contributed by atoms with van der Waals surface area (Å²) in [7, 11) is 3.37. The van der Waals surface area contributed by atoms with Crippen LogP contribution in [-0.2, 0) is 24.8 Å². The summed E-state index contributed by atoms with van der Waals surface area (Å²) < 4.78 is 16.5. The van der Waals surface area contributed by atoms with E-state index < -0.39 is 40.5 Å². The first-order valence-corrected chi connectivity index (χ1v) is 12.0. The lowest BCUT2D eigenvalue weighted by Crippen LogP contribution is -2.42. The molecule has 0 radical (unpaired) electrons. The zero-order valence-electron chi connectivity index (χ0n) is 20.5. The normalized spacial score (nSPS) is 11.9. The molecule has 4 aromatic rings. The predicted molar refractivity (Wildman–Crippen MR) is 142 cm³/mol. The van der Waals surface area contributed by atoms with E-state index in [9.17, 15) is 28.7 Å². The number of carbonyl (C=O) groups excluding carboxylic acids is 1. The Bertz CT molecular complexity index is 1640. The lowest BCUT2D eigenvalue weighted by Gasteiger charge is -2.16. The number of aromatic nitrogens is 2. The minimum absolute atomic E-state index is 0.134. The van der Waals surface area contributed by atoms with Gasteiger partial charge < -0.3 is 15.7 Å². The molecule has 196 valence electrons. The van der Waals surface area contributed by atoms with E-state index in [0.29, 0.717) is 28.7 Å². The number of hydrogen-bond donors (Lipinski definition) is 3. The molecule has 0 aliphatic carbocycles. The van der Waals surface area contributed by atoms with E-state index in [1.54, 1.807) is 38.4 Å². The van der Waals surface area contributed by atoms with E-state index >= 15 is 0 Å². The van der Waals surface area contributed by atoms with Crippen LogP contribution < -0.4 is 21.9 Å². The van der Waals surface area contributed by atoms with Gasteiger partial charge in [-0.2, -0.15) is 0 Å². The first kappa shape index (κ1) is 26.8. The van der Waals surface area contributed by atoms with Crippen LogP contribution in [0.2, 0.25) is 5.02 Å². The Morgan fingerprint density at radius 1 is 1.05 bits per heavy atom. The van der Waals surface area contributed by atoms with Crippen molar-refractivity contribution in [1.29, 1.82) is 0 Å². The van der Waals surface area contributed by atoms with Gasteiger partial charge in [0.25, 0.3) is 11.5 Å². The van der Waals surface area contributed by atoms with Gasteiger partial charge in [0.05, 0.1) is 27.2 Å². The number of carboxylic acids is 1. The molecular formula is C27H24ClFN4O5. The average Bonchev–Trinajstić information content (AvgIpc) is 2.88. The van der Waals surface area contributed by atoms with E-state index in [1.807, 2.05) is 6.07 Å². The molecule has 0 spiro atoms. The van der Waals surface area contributed by atoms with E-state index in [-0.39, 0.29) is 11.4 Å². The summed E-state index contributed by atoms with van der Waals surface area (Å²) in [6.45, 7) is 0.553. The Hall–Kier alpha value is -4.28. The molecule has 0 saturated carbocycles. The lowest BCUT2D eigenvalue weighted by atomic mass is 10.0. The van der Waals surface area contributed by atoms with E-state index in [2.05, 4.69) is 10.6 Å². The van der Waals surface area contributed by atoms with Crippen molar-refractivity contribution in [3.8, 4) is 5.69 Å². The summed E-state index contributed by atoms with van der Waals surface area (Å²) in [5, 5.41) is 15.2. The largest absolute Gasteiger partial charge is 0.480 e. The molecule has 1 aromatic heterocycles.